The summed E-state index contributed by atoms with van der Waals surface area (Å²) in [6.45, 7) is 2.92. The minimum absolute atomic E-state index is 0.116. The summed E-state index contributed by atoms with van der Waals surface area (Å²) in [5, 5.41) is 3.27. The maximum absolute atomic E-state index is 13.2. The number of halogens is 1. The summed E-state index contributed by atoms with van der Waals surface area (Å²) >= 11 is 0. The molecule has 1 aromatic rings. The van der Waals surface area contributed by atoms with Crippen LogP contribution in [0.3, 0.4) is 0 Å². The summed E-state index contributed by atoms with van der Waals surface area (Å²) in [6.07, 6.45) is 5.23. The zero-order chi connectivity index (χ0) is 12.3. The minimum Gasteiger partial charge on any atom is -0.378 e. The van der Waals surface area contributed by atoms with Crippen molar-refractivity contribution in [2.45, 2.75) is 31.9 Å². The average molecular weight is 238 g/mol. The number of nitrogens with zero attached hydrogens (tertiary/aromatic N) is 1. The van der Waals surface area contributed by atoms with Gasteiger partial charge in [-0.3, -0.25) is 4.98 Å². The Morgan fingerprint density at radius 3 is 3.06 bits per heavy atom. The van der Waals surface area contributed by atoms with Gasteiger partial charge in [0, 0.05) is 24.8 Å². The molecule has 0 bridgehead atoms. The third-order valence-corrected chi connectivity index (χ3v) is 3.49. The summed E-state index contributed by atoms with van der Waals surface area (Å²) in [5.41, 5.74) is 0.904. The number of aromatic nitrogens is 1. The van der Waals surface area contributed by atoms with Crippen molar-refractivity contribution in [3.8, 4) is 0 Å². The van der Waals surface area contributed by atoms with Crippen molar-refractivity contribution in [2.75, 3.05) is 13.7 Å². The lowest BCUT2D eigenvalue weighted by atomic mass is 9.87. The summed E-state index contributed by atoms with van der Waals surface area (Å²) in [6, 6.07) is 1.67. The van der Waals surface area contributed by atoms with E-state index < -0.39 is 0 Å². The molecule has 0 saturated carbocycles. The van der Waals surface area contributed by atoms with Crippen molar-refractivity contribution in [3.63, 3.8) is 0 Å². The number of nitrogens with one attached hydrogen (secondary N) is 1. The van der Waals surface area contributed by atoms with Crippen LogP contribution in [0.15, 0.2) is 18.5 Å². The average Bonchev–Trinajstić information content (AvgIpc) is 2.78. The summed E-state index contributed by atoms with van der Waals surface area (Å²) in [5.74, 6) is 0.114. The van der Waals surface area contributed by atoms with Crippen LogP contribution in [0.5, 0.6) is 0 Å². The molecule has 2 heterocycles. The van der Waals surface area contributed by atoms with Crippen molar-refractivity contribution in [1.29, 1.82) is 0 Å². The van der Waals surface area contributed by atoms with Gasteiger partial charge in [0.15, 0.2) is 0 Å². The maximum Gasteiger partial charge on any atom is 0.141 e. The van der Waals surface area contributed by atoms with Crippen molar-refractivity contribution < 1.29 is 9.13 Å². The van der Waals surface area contributed by atoms with E-state index in [9.17, 15) is 4.39 Å². The standard InChI is InChI=1S/C13H19FN2O/c1-3-12-11(4-5-17-12)13(15-2)9-6-10(14)8-16-7-9/h6-8,11-13,15H,3-5H2,1-2H3. The molecule has 4 heteroatoms. The quantitative estimate of drug-likeness (QED) is 0.874. The molecule has 1 saturated heterocycles. The molecule has 1 aliphatic heterocycles. The topological polar surface area (TPSA) is 34.1 Å². The molecule has 1 aromatic heterocycles. The Bertz CT molecular complexity index is 372. The zero-order valence-corrected chi connectivity index (χ0v) is 10.3. The molecule has 0 aliphatic carbocycles. The Kier molecular flexibility index (Phi) is 4.07. The van der Waals surface area contributed by atoms with Crippen LogP contribution in [0.2, 0.25) is 0 Å². The largest absolute Gasteiger partial charge is 0.378 e. The Hall–Kier alpha value is -1.00. The summed E-state index contributed by atoms with van der Waals surface area (Å²) in [7, 11) is 1.90. The normalized spacial score (nSPS) is 26.1. The van der Waals surface area contributed by atoms with E-state index in [1.165, 1.54) is 6.20 Å². The first-order valence-corrected chi connectivity index (χ1v) is 6.15. The molecule has 17 heavy (non-hydrogen) atoms. The van der Waals surface area contributed by atoms with E-state index in [1.54, 1.807) is 12.3 Å². The van der Waals surface area contributed by atoms with E-state index in [2.05, 4.69) is 17.2 Å². The van der Waals surface area contributed by atoms with Gasteiger partial charge in [-0.2, -0.15) is 0 Å². The van der Waals surface area contributed by atoms with Gasteiger partial charge >= 0.3 is 0 Å². The van der Waals surface area contributed by atoms with Gasteiger partial charge in [-0.25, -0.2) is 4.39 Å². The SMILES string of the molecule is CCC1OCCC1C(NC)c1cncc(F)c1. The van der Waals surface area contributed by atoms with Crippen molar-refractivity contribution in [3.05, 3.63) is 29.8 Å². The number of pyridine rings is 1. The number of ether oxygens (including phenoxy) is 1. The number of rotatable bonds is 4. The highest BCUT2D eigenvalue weighted by atomic mass is 19.1. The van der Waals surface area contributed by atoms with Crippen LogP contribution in [0.4, 0.5) is 4.39 Å². The Morgan fingerprint density at radius 2 is 2.41 bits per heavy atom. The van der Waals surface area contributed by atoms with Crippen LogP contribution in [0.1, 0.15) is 31.4 Å². The zero-order valence-electron chi connectivity index (χ0n) is 10.3. The lowest BCUT2D eigenvalue weighted by Crippen LogP contribution is -2.30. The molecule has 0 amide bonds. The first-order valence-electron chi connectivity index (χ1n) is 6.15. The first kappa shape index (κ1) is 12.5. The molecule has 1 fully saturated rings. The monoisotopic (exact) mass is 238 g/mol. The predicted octanol–water partition coefficient (Wildman–Crippen LogP) is 2.30. The van der Waals surface area contributed by atoms with E-state index >= 15 is 0 Å². The molecular weight excluding hydrogens is 219 g/mol. The molecule has 3 atom stereocenters. The minimum atomic E-state index is -0.283. The van der Waals surface area contributed by atoms with Crippen LogP contribution >= 0.6 is 0 Å². The molecule has 0 spiro atoms. The lowest BCUT2D eigenvalue weighted by molar-refractivity contribution is 0.0782. The van der Waals surface area contributed by atoms with Gasteiger partial charge in [-0.15, -0.1) is 0 Å². The summed E-state index contributed by atoms with van der Waals surface area (Å²) < 4.78 is 18.9. The maximum atomic E-state index is 13.2. The van der Waals surface area contributed by atoms with E-state index in [-0.39, 0.29) is 18.0 Å². The molecule has 94 valence electrons. The predicted molar refractivity (Wildman–Crippen MR) is 64.1 cm³/mol. The smallest absolute Gasteiger partial charge is 0.141 e. The molecule has 0 aromatic carbocycles. The van der Waals surface area contributed by atoms with E-state index in [4.69, 9.17) is 4.74 Å². The molecule has 1 N–H and O–H groups in total. The van der Waals surface area contributed by atoms with Gasteiger partial charge in [0.05, 0.1) is 12.3 Å². The second-order valence-corrected chi connectivity index (χ2v) is 4.47. The van der Waals surface area contributed by atoms with E-state index in [1.807, 2.05) is 7.05 Å². The van der Waals surface area contributed by atoms with Crippen LogP contribution in [-0.4, -0.2) is 24.7 Å². The Labute approximate surface area is 101 Å². The molecular formula is C13H19FN2O. The Balaban J connectivity index is 2.21. The fourth-order valence-corrected chi connectivity index (χ4v) is 2.69. The Morgan fingerprint density at radius 1 is 1.59 bits per heavy atom. The molecule has 3 unspecified atom stereocenters. The second-order valence-electron chi connectivity index (χ2n) is 4.47. The number of hydrogen-bond donors (Lipinski definition) is 1. The van der Waals surface area contributed by atoms with Crippen LogP contribution in [0, 0.1) is 11.7 Å². The highest BCUT2D eigenvalue weighted by Crippen LogP contribution is 2.34. The van der Waals surface area contributed by atoms with Gasteiger partial charge < -0.3 is 10.1 Å². The van der Waals surface area contributed by atoms with Gasteiger partial charge in [-0.05, 0) is 31.5 Å². The van der Waals surface area contributed by atoms with Crippen LogP contribution in [-0.2, 0) is 4.74 Å². The third-order valence-electron chi connectivity index (χ3n) is 3.49. The highest BCUT2D eigenvalue weighted by Gasteiger charge is 2.33. The van der Waals surface area contributed by atoms with Crippen molar-refractivity contribution in [2.24, 2.45) is 5.92 Å². The van der Waals surface area contributed by atoms with Crippen LogP contribution in [0.25, 0.3) is 0 Å². The number of hydrogen-bond acceptors (Lipinski definition) is 3. The summed E-state index contributed by atoms with van der Waals surface area (Å²) in [4.78, 5) is 3.92. The van der Waals surface area contributed by atoms with Gasteiger partial charge in [0.25, 0.3) is 0 Å². The molecule has 1 aliphatic rings. The lowest BCUT2D eigenvalue weighted by Gasteiger charge is -2.26. The van der Waals surface area contributed by atoms with Gasteiger partial charge in [-0.1, -0.05) is 6.92 Å². The fraction of sp³-hybridized carbons (Fsp3) is 0.615. The second kappa shape index (κ2) is 5.56. The van der Waals surface area contributed by atoms with E-state index in [0.717, 1.165) is 25.0 Å². The molecule has 2 rings (SSSR count). The van der Waals surface area contributed by atoms with Crippen LogP contribution < -0.4 is 5.32 Å². The van der Waals surface area contributed by atoms with Crippen molar-refractivity contribution in [1.82, 2.24) is 10.3 Å². The van der Waals surface area contributed by atoms with Gasteiger partial charge in [0.1, 0.15) is 5.82 Å². The molecule has 0 radical (unpaired) electrons. The molecule has 3 nitrogen and oxygen atoms in total. The van der Waals surface area contributed by atoms with E-state index in [0.29, 0.717) is 5.92 Å². The first-order chi connectivity index (χ1) is 8.26. The fourth-order valence-electron chi connectivity index (χ4n) is 2.69. The highest BCUT2D eigenvalue weighted by molar-refractivity contribution is 5.17. The van der Waals surface area contributed by atoms with Gasteiger partial charge in [0.2, 0.25) is 0 Å². The third kappa shape index (κ3) is 2.64. The van der Waals surface area contributed by atoms with Crippen molar-refractivity contribution >= 4 is 0 Å².